The van der Waals surface area contributed by atoms with E-state index in [4.69, 9.17) is 28.6 Å². The van der Waals surface area contributed by atoms with Crippen molar-refractivity contribution in [2.24, 2.45) is 5.41 Å². The lowest BCUT2D eigenvalue weighted by atomic mass is 9.61. The van der Waals surface area contributed by atoms with Crippen LogP contribution < -0.4 is 20.7 Å². The lowest BCUT2D eigenvalue weighted by Crippen LogP contribution is -2.56. The van der Waals surface area contributed by atoms with Crippen molar-refractivity contribution in [3.63, 3.8) is 0 Å². The molecule has 7 rings (SSSR count). The highest BCUT2D eigenvalue weighted by atomic mass is 35.5. The molecule has 7 nitrogen and oxygen atoms in total. The third-order valence-corrected chi connectivity index (χ3v) is 9.08. The maximum Gasteiger partial charge on any atom is 0.255 e. The molecule has 3 atom stereocenters. The lowest BCUT2D eigenvalue weighted by molar-refractivity contribution is -0.127. The maximum atomic E-state index is 13.6. The number of anilines is 2. The number of aromatic nitrogens is 1. The molecule has 1 aliphatic carbocycles. The number of rotatable bonds is 6. The zero-order valence-corrected chi connectivity index (χ0v) is 24.0. The van der Waals surface area contributed by atoms with Gasteiger partial charge in [0, 0.05) is 28.1 Å². The van der Waals surface area contributed by atoms with Crippen molar-refractivity contribution in [2.45, 2.75) is 25.3 Å². The minimum atomic E-state index is -0.685. The zero-order chi connectivity index (χ0) is 28.0. The number of fused-ring (bicyclic) bond motifs is 2. The standard InChI is InChI=1S/C30H25ClN4O3S2/c1-30(14-21-19-8-3-4-9-20(19)25(30)34-27(21)39)28(37)35-29-33-23(15-40-29)16-6-5-7-17(12-16)26(36)32-18-10-11-24(38-2)22(31)13-18/h3-13,15,21,25H,14H2,1-2H3,(H,32,36)(H,34,39)(H,33,35,37). The van der Waals surface area contributed by atoms with E-state index in [2.05, 4.69) is 33.1 Å². The van der Waals surface area contributed by atoms with Gasteiger partial charge in [-0.15, -0.1) is 11.3 Å². The molecule has 10 heteroatoms. The molecule has 40 heavy (non-hydrogen) atoms. The molecule has 0 spiro atoms. The van der Waals surface area contributed by atoms with E-state index >= 15 is 0 Å². The number of carbonyl (C=O) groups excluding carboxylic acids is 2. The van der Waals surface area contributed by atoms with Gasteiger partial charge in [0.1, 0.15) is 5.75 Å². The van der Waals surface area contributed by atoms with E-state index in [1.807, 2.05) is 30.5 Å². The van der Waals surface area contributed by atoms with Gasteiger partial charge in [-0.25, -0.2) is 4.98 Å². The van der Waals surface area contributed by atoms with Crippen molar-refractivity contribution < 1.29 is 14.3 Å². The Bertz CT molecular complexity index is 1670. The Kier molecular flexibility index (Phi) is 6.82. The van der Waals surface area contributed by atoms with Crippen LogP contribution in [0.3, 0.4) is 0 Å². The molecule has 2 amide bonds. The predicted octanol–water partition coefficient (Wildman–Crippen LogP) is 6.83. The fourth-order valence-corrected chi connectivity index (χ4v) is 6.80. The van der Waals surface area contributed by atoms with Crippen LogP contribution in [0, 0.1) is 5.41 Å². The normalized spacial score (nSPS) is 20.8. The van der Waals surface area contributed by atoms with Crippen LogP contribution >= 0.6 is 35.2 Å². The Morgan fingerprint density at radius 3 is 2.67 bits per heavy atom. The van der Waals surface area contributed by atoms with E-state index in [0.29, 0.717) is 39.3 Å². The summed E-state index contributed by atoms with van der Waals surface area (Å²) in [5.74, 6) is 0.168. The number of ether oxygens (including phenoxy) is 1. The Labute approximate surface area is 245 Å². The third kappa shape index (κ3) is 4.64. The van der Waals surface area contributed by atoms with Crippen molar-refractivity contribution in [1.29, 1.82) is 0 Å². The third-order valence-electron chi connectivity index (χ3n) is 7.62. The first-order valence-corrected chi connectivity index (χ1v) is 14.3. The summed E-state index contributed by atoms with van der Waals surface area (Å²) >= 11 is 13.1. The molecule has 3 aliphatic rings. The second kappa shape index (κ2) is 10.3. The van der Waals surface area contributed by atoms with Crippen LogP contribution in [-0.2, 0) is 4.79 Å². The van der Waals surface area contributed by atoms with Crippen LogP contribution in [0.5, 0.6) is 5.75 Å². The van der Waals surface area contributed by atoms with Gasteiger partial charge in [-0.3, -0.25) is 9.59 Å². The van der Waals surface area contributed by atoms with Gasteiger partial charge in [-0.2, -0.15) is 0 Å². The highest BCUT2D eigenvalue weighted by Gasteiger charge is 2.53. The molecule has 3 unspecified atom stereocenters. The molecule has 0 saturated carbocycles. The monoisotopic (exact) mass is 588 g/mol. The summed E-state index contributed by atoms with van der Waals surface area (Å²) in [6.45, 7) is 1.98. The average Bonchev–Trinajstić information content (AvgIpc) is 3.43. The van der Waals surface area contributed by atoms with Gasteiger partial charge in [0.25, 0.3) is 5.91 Å². The van der Waals surface area contributed by atoms with Gasteiger partial charge in [0.05, 0.1) is 34.3 Å². The smallest absolute Gasteiger partial charge is 0.255 e. The number of nitrogens with one attached hydrogen (secondary N) is 3. The van der Waals surface area contributed by atoms with E-state index in [-0.39, 0.29) is 23.8 Å². The molecule has 3 N–H and O–H groups in total. The molecule has 1 aromatic heterocycles. The number of thiocarbonyl (C=S) groups is 1. The summed E-state index contributed by atoms with van der Waals surface area (Å²) < 4.78 is 5.17. The Hall–Kier alpha value is -3.79. The van der Waals surface area contributed by atoms with E-state index in [9.17, 15) is 9.59 Å². The molecule has 3 heterocycles. The number of piperidine rings is 1. The van der Waals surface area contributed by atoms with Crippen molar-refractivity contribution in [2.75, 3.05) is 17.7 Å². The first kappa shape index (κ1) is 26.4. The summed E-state index contributed by atoms with van der Waals surface area (Å²) in [6, 6.07) is 20.2. The highest BCUT2D eigenvalue weighted by Crippen LogP contribution is 2.53. The molecule has 3 aromatic carbocycles. The van der Waals surface area contributed by atoms with Crippen LogP contribution in [0.25, 0.3) is 11.3 Å². The number of nitrogens with zero attached hydrogens (tertiary/aromatic N) is 1. The fourth-order valence-electron chi connectivity index (χ4n) is 5.49. The van der Waals surface area contributed by atoms with Crippen molar-refractivity contribution in [1.82, 2.24) is 10.3 Å². The van der Waals surface area contributed by atoms with Crippen LogP contribution in [0.15, 0.2) is 72.1 Å². The topological polar surface area (TPSA) is 92.4 Å². The largest absolute Gasteiger partial charge is 0.495 e. The number of thiazole rings is 1. The van der Waals surface area contributed by atoms with Crippen LogP contribution in [-0.4, -0.2) is 28.9 Å². The average molecular weight is 589 g/mol. The molecule has 4 aromatic rings. The minimum absolute atomic E-state index is 0.0154. The summed E-state index contributed by atoms with van der Waals surface area (Å²) in [5, 5.41) is 12.1. The number of hydrogen-bond acceptors (Lipinski definition) is 6. The zero-order valence-electron chi connectivity index (χ0n) is 21.7. The number of methoxy groups -OCH3 is 1. The summed E-state index contributed by atoms with van der Waals surface area (Å²) in [4.78, 5) is 32.0. The molecule has 202 valence electrons. The van der Waals surface area contributed by atoms with E-state index < -0.39 is 5.41 Å². The van der Waals surface area contributed by atoms with Crippen LogP contribution in [0.2, 0.25) is 5.02 Å². The molecule has 1 fully saturated rings. The Morgan fingerprint density at radius 2 is 1.90 bits per heavy atom. The summed E-state index contributed by atoms with van der Waals surface area (Å²) in [5.41, 5.74) is 4.10. The second-order valence-corrected chi connectivity index (χ2v) is 11.8. The van der Waals surface area contributed by atoms with E-state index in [0.717, 1.165) is 16.1 Å². The fraction of sp³-hybridized carbons (Fsp3) is 0.200. The number of halogens is 1. The predicted molar refractivity (Wildman–Crippen MR) is 163 cm³/mol. The number of carbonyl (C=O) groups is 2. The molecule has 0 radical (unpaired) electrons. The second-order valence-electron chi connectivity index (χ2n) is 10.1. The maximum absolute atomic E-state index is 13.6. The van der Waals surface area contributed by atoms with Crippen molar-refractivity contribution in [3.05, 3.63) is 93.8 Å². The Morgan fingerprint density at radius 1 is 1.10 bits per heavy atom. The first-order valence-electron chi connectivity index (χ1n) is 12.7. The Balaban J connectivity index is 1.17. The van der Waals surface area contributed by atoms with Gasteiger partial charge >= 0.3 is 0 Å². The summed E-state index contributed by atoms with van der Waals surface area (Å²) in [7, 11) is 1.53. The lowest BCUT2D eigenvalue weighted by Gasteiger charge is -2.50. The summed E-state index contributed by atoms with van der Waals surface area (Å²) in [6.07, 6.45) is 0.640. The van der Waals surface area contributed by atoms with E-state index in [1.54, 1.807) is 36.4 Å². The molecular weight excluding hydrogens is 564 g/mol. The number of benzene rings is 3. The van der Waals surface area contributed by atoms with Crippen LogP contribution in [0.4, 0.5) is 10.8 Å². The van der Waals surface area contributed by atoms with Gasteiger partial charge in [-0.05, 0) is 54.8 Å². The van der Waals surface area contributed by atoms with Crippen molar-refractivity contribution >= 4 is 62.8 Å². The quantitative estimate of drug-likeness (QED) is 0.214. The molecule has 2 bridgehead atoms. The van der Waals surface area contributed by atoms with Gasteiger partial charge in [0.15, 0.2) is 5.13 Å². The van der Waals surface area contributed by atoms with Gasteiger partial charge < -0.3 is 20.7 Å². The van der Waals surface area contributed by atoms with Crippen molar-refractivity contribution in [3.8, 4) is 17.0 Å². The minimum Gasteiger partial charge on any atom is -0.495 e. The number of amides is 2. The SMILES string of the molecule is COc1ccc(NC(=O)c2cccc(-c3csc(NC(=O)C4(C)CC5C(=S)NC4c4ccccc45)n3)c2)cc1Cl. The van der Waals surface area contributed by atoms with Gasteiger partial charge in [-0.1, -0.05) is 60.2 Å². The molecular formula is C30H25ClN4O3S2. The molecule has 1 saturated heterocycles. The van der Waals surface area contributed by atoms with Crippen LogP contribution in [0.1, 0.15) is 46.8 Å². The number of hydrogen-bond donors (Lipinski definition) is 3. The van der Waals surface area contributed by atoms with Gasteiger partial charge in [0.2, 0.25) is 5.91 Å². The first-order chi connectivity index (χ1) is 19.3. The molecule has 2 aliphatic heterocycles. The van der Waals surface area contributed by atoms with E-state index in [1.165, 1.54) is 24.0 Å². The highest BCUT2D eigenvalue weighted by molar-refractivity contribution is 7.80.